The number of Topliss-reactive ketones (excluding diaryl/α,β-unsaturated/α-hetero) is 1. The third-order valence-electron chi connectivity index (χ3n) is 7.68. The maximum Gasteiger partial charge on any atom is 0.325 e. The maximum atomic E-state index is 12.2. The second-order valence-corrected chi connectivity index (χ2v) is 11.4. The lowest BCUT2D eigenvalue weighted by atomic mass is 9.98. The van der Waals surface area contributed by atoms with E-state index in [2.05, 4.69) is 6.92 Å². The van der Waals surface area contributed by atoms with Crippen LogP contribution in [0.4, 0.5) is 0 Å². The van der Waals surface area contributed by atoms with Gasteiger partial charge in [0.1, 0.15) is 18.1 Å². The fraction of sp³-hybridized carbons (Fsp3) is 0.353. The molecule has 226 valence electrons. The summed E-state index contributed by atoms with van der Waals surface area (Å²) in [6.07, 6.45) is 11.0. The summed E-state index contributed by atoms with van der Waals surface area (Å²) in [6, 6.07) is 10.8. The van der Waals surface area contributed by atoms with Gasteiger partial charge in [-0.15, -0.1) is 0 Å². The molecule has 0 saturated carbocycles. The molecule has 3 aromatic rings. The number of hydrogen-bond donors (Lipinski definition) is 1. The van der Waals surface area contributed by atoms with Crippen molar-refractivity contribution in [2.45, 2.75) is 58.9 Å². The van der Waals surface area contributed by atoms with Crippen LogP contribution in [-0.2, 0) is 16.1 Å². The Balaban J connectivity index is 0.000000215. The molecule has 1 fully saturated rings. The lowest BCUT2D eigenvalue weighted by Gasteiger charge is -2.16. The highest BCUT2D eigenvalue weighted by molar-refractivity contribution is 6.31. The van der Waals surface area contributed by atoms with Gasteiger partial charge in [-0.25, -0.2) is 4.98 Å². The van der Waals surface area contributed by atoms with Crippen LogP contribution in [-0.4, -0.2) is 57.4 Å². The number of carbonyl (C=O) groups excluding carboxylic acids is 3. The van der Waals surface area contributed by atoms with E-state index in [1.54, 1.807) is 36.4 Å². The summed E-state index contributed by atoms with van der Waals surface area (Å²) < 4.78 is 6.71. The highest BCUT2D eigenvalue weighted by Crippen LogP contribution is 2.30. The number of halogens is 1. The number of aromatic nitrogens is 2. The van der Waals surface area contributed by atoms with Crippen molar-refractivity contribution in [3.05, 3.63) is 99.6 Å². The summed E-state index contributed by atoms with van der Waals surface area (Å²) in [7, 11) is 1.37. The molecule has 1 aliphatic heterocycles. The number of ether oxygens (including phenoxy) is 1. The zero-order valence-corrected chi connectivity index (χ0v) is 25.9. The summed E-state index contributed by atoms with van der Waals surface area (Å²) >= 11 is 6.13. The summed E-state index contributed by atoms with van der Waals surface area (Å²) in [5, 5.41) is 10.2. The predicted octanol–water partition coefficient (Wildman–Crippen LogP) is 7.12. The van der Waals surface area contributed by atoms with Gasteiger partial charge >= 0.3 is 5.97 Å². The quantitative estimate of drug-likeness (QED) is 0.228. The van der Waals surface area contributed by atoms with Crippen molar-refractivity contribution >= 4 is 40.3 Å². The average molecular weight is 604 g/mol. The van der Waals surface area contributed by atoms with E-state index in [1.807, 2.05) is 40.7 Å². The number of imidazole rings is 1. The number of rotatable bonds is 7. The number of aryl methyl sites for hydroxylation is 1. The largest absolute Gasteiger partial charge is 0.508 e. The van der Waals surface area contributed by atoms with Gasteiger partial charge in [0, 0.05) is 35.2 Å². The van der Waals surface area contributed by atoms with Gasteiger partial charge in [0.05, 0.1) is 18.1 Å². The van der Waals surface area contributed by atoms with Gasteiger partial charge in [0.15, 0.2) is 5.78 Å². The Kier molecular flexibility index (Phi) is 10.6. The molecule has 9 heteroatoms. The van der Waals surface area contributed by atoms with E-state index in [9.17, 15) is 19.5 Å². The van der Waals surface area contributed by atoms with Crippen LogP contribution in [0.3, 0.4) is 0 Å². The van der Waals surface area contributed by atoms with Gasteiger partial charge in [-0.3, -0.25) is 14.4 Å². The van der Waals surface area contributed by atoms with E-state index in [1.165, 1.54) is 19.6 Å². The molecule has 1 unspecified atom stereocenters. The third-order valence-corrected chi connectivity index (χ3v) is 7.91. The van der Waals surface area contributed by atoms with Crippen LogP contribution in [0.25, 0.3) is 11.0 Å². The molecule has 0 radical (unpaired) electrons. The predicted molar refractivity (Wildman–Crippen MR) is 169 cm³/mol. The fourth-order valence-corrected chi connectivity index (χ4v) is 5.52. The van der Waals surface area contributed by atoms with E-state index in [-0.39, 0.29) is 35.9 Å². The zero-order chi connectivity index (χ0) is 31.1. The van der Waals surface area contributed by atoms with Gasteiger partial charge in [-0.05, 0) is 87.6 Å². The number of benzene rings is 2. The van der Waals surface area contributed by atoms with Crippen molar-refractivity contribution in [3.63, 3.8) is 0 Å². The smallest absolute Gasteiger partial charge is 0.325 e. The standard InChI is InChI=1S/C20H21ClN2O3.C14H17NO2/c1-13(10-14-4-3-5-16(24)8-6-14)20-22-17-9-7-15(21)11-18(17)23(20)12-19(25)26-2;1-10-9-12(11(2)16)5-6-13(10)14(17)15-7-3-4-8-15/h3,5-9,11,13,24H,4,10,12H2,1-2H3;5-6,9H,3-4,7-8H2,1-2H3. The first kappa shape index (κ1) is 31.8. The molecule has 8 nitrogen and oxygen atoms in total. The van der Waals surface area contributed by atoms with E-state index >= 15 is 0 Å². The number of carbonyl (C=O) groups is 3. The van der Waals surface area contributed by atoms with Crippen molar-refractivity contribution in [3.8, 4) is 0 Å². The number of likely N-dealkylation sites (tertiary alicyclic amines) is 1. The molecule has 0 spiro atoms. The summed E-state index contributed by atoms with van der Waals surface area (Å²) in [5.74, 6) is 0.944. The summed E-state index contributed by atoms with van der Waals surface area (Å²) in [5.41, 5.74) is 5.07. The topological polar surface area (TPSA) is 102 Å². The van der Waals surface area contributed by atoms with E-state index in [4.69, 9.17) is 21.3 Å². The molecule has 1 aliphatic carbocycles. The van der Waals surface area contributed by atoms with Crippen LogP contribution in [0.2, 0.25) is 5.02 Å². The minimum Gasteiger partial charge on any atom is -0.508 e. The molecule has 1 aromatic heterocycles. The Bertz CT molecular complexity index is 1610. The molecule has 0 bridgehead atoms. The van der Waals surface area contributed by atoms with Crippen molar-refractivity contribution in [2.75, 3.05) is 20.2 Å². The molecule has 2 heterocycles. The third kappa shape index (κ3) is 8.02. The molecular weight excluding hydrogens is 566 g/mol. The number of methoxy groups -OCH3 is 1. The van der Waals surface area contributed by atoms with Crippen LogP contribution in [0, 0.1) is 6.92 Å². The number of hydrogen-bond acceptors (Lipinski definition) is 6. The number of aliphatic hydroxyl groups is 1. The molecule has 5 rings (SSSR count). The number of fused-ring (bicyclic) bond motifs is 1. The molecule has 1 saturated heterocycles. The molecule has 1 N–H and O–H groups in total. The van der Waals surface area contributed by atoms with Crippen molar-refractivity contribution in [1.82, 2.24) is 14.5 Å². The van der Waals surface area contributed by atoms with E-state index < -0.39 is 0 Å². The number of aliphatic hydroxyl groups excluding tert-OH is 1. The van der Waals surface area contributed by atoms with Gasteiger partial charge in [0.25, 0.3) is 5.91 Å². The first-order valence-electron chi connectivity index (χ1n) is 14.5. The Hall–Kier alpha value is -4.17. The fourth-order valence-electron chi connectivity index (χ4n) is 5.36. The van der Waals surface area contributed by atoms with Crippen molar-refractivity contribution in [2.24, 2.45) is 0 Å². The highest BCUT2D eigenvalue weighted by atomic mass is 35.5. The van der Waals surface area contributed by atoms with E-state index in [0.717, 1.165) is 66.8 Å². The number of allylic oxidation sites excluding steroid dienone is 5. The molecular formula is C34H38ClN3O5. The van der Waals surface area contributed by atoms with Crippen LogP contribution in [0.1, 0.15) is 77.6 Å². The lowest BCUT2D eigenvalue weighted by molar-refractivity contribution is -0.141. The minimum atomic E-state index is -0.331. The Morgan fingerprint density at radius 2 is 1.84 bits per heavy atom. The first-order valence-corrected chi connectivity index (χ1v) is 14.8. The summed E-state index contributed by atoms with van der Waals surface area (Å²) in [4.78, 5) is 41.9. The monoisotopic (exact) mass is 603 g/mol. The maximum absolute atomic E-state index is 12.2. The van der Waals surface area contributed by atoms with E-state index in [0.29, 0.717) is 10.6 Å². The number of amides is 1. The molecule has 2 aromatic carbocycles. The second-order valence-electron chi connectivity index (χ2n) is 11.0. The lowest BCUT2D eigenvalue weighted by Crippen LogP contribution is -2.28. The van der Waals surface area contributed by atoms with Gasteiger partial charge < -0.3 is 19.3 Å². The molecule has 43 heavy (non-hydrogen) atoms. The Labute approximate surface area is 257 Å². The number of nitrogens with zero attached hydrogens (tertiary/aromatic N) is 3. The zero-order valence-electron chi connectivity index (χ0n) is 25.1. The van der Waals surface area contributed by atoms with Gasteiger partial charge in [-0.2, -0.15) is 0 Å². The van der Waals surface area contributed by atoms with Gasteiger partial charge in [0.2, 0.25) is 0 Å². The first-order chi connectivity index (χ1) is 20.6. The van der Waals surface area contributed by atoms with Crippen LogP contribution < -0.4 is 0 Å². The Morgan fingerprint density at radius 3 is 2.51 bits per heavy atom. The number of esters is 1. The summed E-state index contributed by atoms with van der Waals surface area (Å²) in [6.45, 7) is 7.30. The van der Waals surface area contributed by atoms with Crippen molar-refractivity contribution in [1.29, 1.82) is 0 Å². The molecule has 1 atom stereocenters. The van der Waals surface area contributed by atoms with Crippen LogP contribution in [0.15, 0.2) is 72.0 Å². The number of ketones is 1. The SMILES string of the molecule is CC(=O)c1ccc(C(=O)N2CCCC2)c(C)c1.COC(=O)Cn1c(C(C)CC2=CC=C(O)C=CC2)nc2ccc(Cl)cc21. The minimum absolute atomic E-state index is 0.0354. The van der Waals surface area contributed by atoms with Gasteiger partial charge in [-0.1, -0.05) is 42.3 Å². The molecule has 2 aliphatic rings. The van der Waals surface area contributed by atoms with Crippen LogP contribution in [0.5, 0.6) is 0 Å². The molecule has 1 amide bonds. The second kappa shape index (κ2) is 14.3. The highest BCUT2D eigenvalue weighted by Gasteiger charge is 2.22. The van der Waals surface area contributed by atoms with Crippen molar-refractivity contribution < 1.29 is 24.2 Å². The normalized spacial score (nSPS) is 15.2. The van der Waals surface area contributed by atoms with Crippen LogP contribution >= 0.6 is 11.6 Å². The average Bonchev–Trinajstić information content (AvgIpc) is 3.59. The Morgan fingerprint density at radius 1 is 1.09 bits per heavy atom.